The number of benzene rings is 1. The smallest absolute Gasteiger partial charge is 0.251 e. The van der Waals surface area contributed by atoms with Gasteiger partial charge in [-0.1, -0.05) is 6.07 Å². The summed E-state index contributed by atoms with van der Waals surface area (Å²) >= 11 is 0. The molecule has 1 N–H and O–H groups in total. The summed E-state index contributed by atoms with van der Waals surface area (Å²) < 4.78 is 13.1. The summed E-state index contributed by atoms with van der Waals surface area (Å²) in [6, 6.07) is 7.40. The average Bonchev–Trinajstić information content (AvgIpc) is 2.44. The summed E-state index contributed by atoms with van der Waals surface area (Å²) in [4.78, 5) is 22.4. The number of carbonyl (C=O) groups excluding carboxylic acids is 1. The molecule has 110 valence electrons. The van der Waals surface area contributed by atoms with Crippen LogP contribution in [0.1, 0.15) is 21.9 Å². The highest BCUT2D eigenvalue weighted by Crippen LogP contribution is 2.09. The Morgan fingerprint density at radius 3 is 2.71 bits per heavy atom. The molecule has 0 aliphatic heterocycles. The molecule has 0 aliphatic carbocycles. The van der Waals surface area contributed by atoms with Crippen LogP contribution in [-0.2, 0) is 6.54 Å². The second-order valence-electron chi connectivity index (χ2n) is 4.87. The van der Waals surface area contributed by atoms with Gasteiger partial charge in [0.05, 0.1) is 6.54 Å². The molecule has 0 unspecified atom stereocenters. The standard InChI is InChI=1S/C15H17FN4O/c1-10-7-14(20(2)3)19-13(18-10)9-17-15(21)11-5-4-6-12(16)8-11/h4-8H,9H2,1-3H3,(H,17,21). The maximum absolute atomic E-state index is 13.1. The van der Waals surface area contributed by atoms with E-state index in [1.54, 1.807) is 6.07 Å². The minimum atomic E-state index is -0.440. The molecular weight excluding hydrogens is 271 g/mol. The molecule has 1 amide bonds. The van der Waals surface area contributed by atoms with E-state index >= 15 is 0 Å². The van der Waals surface area contributed by atoms with Gasteiger partial charge in [0.1, 0.15) is 17.5 Å². The molecular formula is C15H17FN4O. The Morgan fingerprint density at radius 2 is 2.05 bits per heavy atom. The predicted octanol–water partition coefficient (Wildman–Crippen LogP) is 1.92. The summed E-state index contributed by atoms with van der Waals surface area (Å²) in [5, 5.41) is 2.69. The van der Waals surface area contributed by atoms with Crippen LogP contribution in [0, 0.1) is 12.7 Å². The Balaban J connectivity index is 2.08. The molecule has 21 heavy (non-hydrogen) atoms. The van der Waals surface area contributed by atoms with Crippen molar-refractivity contribution in [1.29, 1.82) is 0 Å². The molecule has 0 fully saturated rings. The first-order valence-corrected chi connectivity index (χ1v) is 6.51. The van der Waals surface area contributed by atoms with Crippen LogP contribution in [0.25, 0.3) is 0 Å². The van der Waals surface area contributed by atoms with Crippen LogP contribution in [0.4, 0.5) is 10.2 Å². The maximum Gasteiger partial charge on any atom is 0.251 e. The molecule has 6 heteroatoms. The molecule has 0 bridgehead atoms. The normalized spacial score (nSPS) is 10.3. The quantitative estimate of drug-likeness (QED) is 0.934. The zero-order valence-corrected chi connectivity index (χ0v) is 12.2. The van der Waals surface area contributed by atoms with Gasteiger partial charge >= 0.3 is 0 Å². The van der Waals surface area contributed by atoms with E-state index in [4.69, 9.17) is 0 Å². The SMILES string of the molecule is Cc1cc(N(C)C)nc(CNC(=O)c2cccc(F)c2)n1. The zero-order chi connectivity index (χ0) is 15.4. The van der Waals surface area contributed by atoms with Gasteiger partial charge in [0.25, 0.3) is 5.91 Å². The van der Waals surface area contributed by atoms with Crippen LogP contribution in [0.15, 0.2) is 30.3 Å². The molecule has 0 spiro atoms. The maximum atomic E-state index is 13.1. The number of aromatic nitrogens is 2. The summed E-state index contributed by atoms with van der Waals surface area (Å²) in [6.07, 6.45) is 0. The third kappa shape index (κ3) is 3.98. The van der Waals surface area contributed by atoms with Crippen molar-refractivity contribution in [3.8, 4) is 0 Å². The van der Waals surface area contributed by atoms with Crippen LogP contribution in [0.3, 0.4) is 0 Å². The lowest BCUT2D eigenvalue weighted by Gasteiger charge is -2.13. The predicted molar refractivity (Wildman–Crippen MR) is 78.7 cm³/mol. The monoisotopic (exact) mass is 288 g/mol. The minimum absolute atomic E-state index is 0.192. The van der Waals surface area contributed by atoms with E-state index in [0.29, 0.717) is 5.82 Å². The van der Waals surface area contributed by atoms with Crippen molar-refractivity contribution in [2.75, 3.05) is 19.0 Å². The highest BCUT2D eigenvalue weighted by molar-refractivity contribution is 5.94. The first-order valence-electron chi connectivity index (χ1n) is 6.51. The van der Waals surface area contributed by atoms with Crippen LogP contribution < -0.4 is 10.2 Å². The summed E-state index contributed by atoms with van der Waals surface area (Å²) in [5.74, 6) is 0.497. The number of rotatable bonds is 4. The van der Waals surface area contributed by atoms with Gasteiger partial charge < -0.3 is 10.2 Å². The van der Waals surface area contributed by atoms with Crippen molar-refractivity contribution in [3.63, 3.8) is 0 Å². The molecule has 0 atom stereocenters. The number of aryl methyl sites for hydroxylation is 1. The fourth-order valence-corrected chi connectivity index (χ4v) is 1.81. The first-order chi connectivity index (χ1) is 9.95. The third-order valence-corrected chi connectivity index (χ3v) is 2.84. The largest absolute Gasteiger partial charge is 0.363 e. The lowest BCUT2D eigenvalue weighted by atomic mass is 10.2. The zero-order valence-electron chi connectivity index (χ0n) is 12.2. The van der Waals surface area contributed by atoms with Crippen molar-refractivity contribution in [2.24, 2.45) is 0 Å². The fraction of sp³-hybridized carbons (Fsp3) is 0.267. The molecule has 0 saturated heterocycles. The van der Waals surface area contributed by atoms with Crippen molar-refractivity contribution in [3.05, 3.63) is 53.2 Å². The Morgan fingerprint density at radius 1 is 1.29 bits per heavy atom. The lowest BCUT2D eigenvalue weighted by molar-refractivity contribution is 0.0949. The van der Waals surface area contributed by atoms with Crippen molar-refractivity contribution in [2.45, 2.75) is 13.5 Å². The van der Waals surface area contributed by atoms with Crippen LogP contribution in [-0.4, -0.2) is 30.0 Å². The minimum Gasteiger partial charge on any atom is -0.363 e. The molecule has 1 heterocycles. The first kappa shape index (κ1) is 14.9. The summed E-state index contributed by atoms with van der Waals surface area (Å²) in [7, 11) is 3.77. The molecule has 0 aliphatic rings. The van der Waals surface area contributed by atoms with Gasteiger partial charge in [-0.2, -0.15) is 0 Å². The van der Waals surface area contributed by atoms with Crippen LogP contribution in [0.5, 0.6) is 0 Å². The van der Waals surface area contributed by atoms with Gasteiger partial charge in [-0.3, -0.25) is 4.79 Å². The Bertz CT molecular complexity index is 658. The number of carbonyl (C=O) groups is 1. The number of nitrogens with zero attached hydrogens (tertiary/aromatic N) is 3. The number of anilines is 1. The van der Waals surface area contributed by atoms with Crippen molar-refractivity contribution < 1.29 is 9.18 Å². The van der Waals surface area contributed by atoms with Crippen LogP contribution in [0.2, 0.25) is 0 Å². The number of nitrogens with one attached hydrogen (secondary N) is 1. The fourth-order valence-electron chi connectivity index (χ4n) is 1.81. The van der Waals surface area contributed by atoms with E-state index in [9.17, 15) is 9.18 Å². The molecule has 0 radical (unpaired) electrons. The molecule has 1 aromatic heterocycles. The highest BCUT2D eigenvalue weighted by atomic mass is 19.1. The Labute approximate surface area is 122 Å². The Kier molecular flexibility index (Phi) is 4.47. The summed E-state index contributed by atoms with van der Waals surface area (Å²) in [6.45, 7) is 2.06. The number of hydrogen-bond donors (Lipinski definition) is 1. The van der Waals surface area contributed by atoms with E-state index in [-0.39, 0.29) is 18.0 Å². The van der Waals surface area contributed by atoms with Gasteiger partial charge in [-0.05, 0) is 25.1 Å². The van der Waals surface area contributed by atoms with E-state index in [1.165, 1.54) is 18.2 Å². The number of amides is 1. The number of halogens is 1. The summed E-state index contributed by atoms with van der Waals surface area (Å²) in [5.41, 5.74) is 1.10. The molecule has 1 aromatic carbocycles. The topological polar surface area (TPSA) is 58.1 Å². The second kappa shape index (κ2) is 6.30. The van der Waals surface area contributed by atoms with Gasteiger partial charge in [0.2, 0.25) is 0 Å². The van der Waals surface area contributed by atoms with E-state index in [0.717, 1.165) is 11.5 Å². The molecule has 2 rings (SSSR count). The second-order valence-corrected chi connectivity index (χ2v) is 4.87. The van der Waals surface area contributed by atoms with Crippen molar-refractivity contribution >= 4 is 11.7 Å². The lowest BCUT2D eigenvalue weighted by Crippen LogP contribution is -2.24. The average molecular weight is 288 g/mol. The highest BCUT2D eigenvalue weighted by Gasteiger charge is 2.08. The van der Waals surface area contributed by atoms with E-state index in [1.807, 2.05) is 32.0 Å². The molecule has 0 saturated carbocycles. The Hall–Kier alpha value is -2.50. The number of hydrogen-bond acceptors (Lipinski definition) is 4. The van der Waals surface area contributed by atoms with Gasteiger partial charge in [0.15, 0.2) is 0 Å². The third-order valence-electron chi connectivity index (χ3n) is 2.84. The molecule has 2 aromatic rings. The van der Waals surface area contributed by atoms with E-state index in [2.05, 4.69) is 15.3 Å². The van der Waals surface area contributed by atoms with Gasteiger partial charge in [-0.15, -0.1) is 0 Å². The van der Waals surface area contributed by atoms with Gasteiger partial charge in [0, 0.05) is 31.4 Å². The van der Waals surface area contributed by atoms with Gasteiger partial charge in [-0.25, -0.2) is 14.4 Å². The van der Waals surface area contributed by atoms with Crippen molar-refractivity contribution in [1.82, 2.24) is 15.3 Å². The van der Waals surface area contributed by atoms with E-state index < -0.39 is 5.82 Å². The molecule has 5 nitrogen and oxygen atoms in total. The van der Waals surface area contributed by atoms with Crippen LogP contribution >= 0.6 is 0 Å².